The quantitative estimate of drug-likeness (QED) is 0.242. The summed E-state index contributed by atoms with van der Waals surface area (Å²) < 4.78 is 7.65. The van der Waals surface area contributed by atoms with Crippen molar-refractivity contribution in [2.24, 2.45) is 4.99 Å². The fourth-order valence-electron chi connectivity index (χ4n) is 4.62. The van der Waals surface area contributed by atoms with Gasteiger partial charge in [0.1, 0.15) is 23.1 Å². The number of nitrogens with zero attached hydrogens (tertiary/aromatic N) is 4. The third-order valence-electron chi connectivity index (χ3n) is 6.61. The van der Waals surface area contributed by atoms with Crippen molar-refractivity contribution in [3.8, 4) is 10.8 Å². The summed E-state index contributed by atoms with van der Waals surface area (Å²) in [6.07, 6.45) is 14.0. The number of aryl methyl sites for hydroxylation is 2. The van der Waals surface area contributed by atoms with Gasteiger partial charge in [-0.3, -0.25) is 9.56 Å². The first-order chi connectivity index (χ1) is 16.7. The van der Waals surface area contributed by atoms with E-state index in [1.807, 2.05) is 23.5 Å². The monoisotopic (exact) mass is 478 g/mol. The molecule has 1 aliphatic heterocycles. The molecule has 0 radical (unpaired) electrons. The first-order valence-corrected chi connectivity index (χ1v) is 13.8. The Hall–Kier alpha value is -2.47. The molecule has 0 atom stereocenters. The van der Waals surface area contributed by atoms with Gasteiger partial charge in [-0.2, -0.15) is 0 Å². The van der Waals surface area contributed by atoms with Gasteiger partial charge in [0.05, 0.1) is 12.8 Å². The van der Waals surface area contributed by atoms with Crippen LogP contribution in [0.3, 0.4) is 0 Å². The third-order valence-corrected chi connectivity index (χ3v) is 7.88. The van der Waals surface area contributed by atoms with Crippen LogP contribution in [0.1, 0.15) is 99.3 Å². The third kappa shape index (κ3) is 5.77. The largest absolute Gasteiger partial charge is 0.497 e. The zero-order chi connectivity index (χ0) is 23.8. The van der Waals surface area contributed by atoms with Crippen molar-refractivity contribution in [1.82, 2.24) is 14.8 Å². The van der Waals surface area contributed by atoms with Gasteiger partial charge in [0, 0.05) is 22.4 Å². The Balaban J connectivity index is 1.47. The molecule has 0 saturated heterocycles. The number of fused-ring (bicyclic) bond motifs is 3. The van der Waals surface area contributed by atoms with E-state index in [4.69, 9.17) is 9.73 Å². The molecule has 0 N–H and O–H groups in total. The lowest BCUT2D eigenvalue weighted by Crippen LogP contribution is -2.07. The molecule has 5 nitrogen and oxygen atoms in total. The number of aliphatic imine (C=N–C) groups is 1. The van der Waals surface area contributed by atoms with E-state index in [-0.39, 0.29) is 0 Å². The Labute approximate surface area is 208 Å². The maximum absolute atomic E-state index is 5.35. The van der Waals surface area contributed by atoms with Crippen LogP contribution >= 0.6 is 11.3 Å². The summed E-state index contributed by atoms with van der Waals surface area (Å²) in [6.45, 7) is 5.04. The number of hydrogen-bond donors (Lipinski definition) is 0. The molecule has 4 rings (SSSR count). The van der Waals surface area contributed by atoms with Gasteiger partial charge in [-0.15, -0.1) is 21.5 Å². The predicted octanol–water partition coefficient (Wildman–Crippen LogP) is 7.32. The van der Waals surface area contributed by atoms with Crippen molar-refractivity contribution in [2.45, 2.75) is 91.0 Å². The fourth-order valence-corrected chi connectivity index (χ4v) is 5.76. The highest BCUT2D eigenvalue weighted by molar-refractivity contribution is 7.15. The van der Waals surface area contributed by atoms with Crippen LogP contribution in [0.15, 0.2) is 35.3 Å². The number of aromatic nitrogens is 3. The Morgan fingerprint density at radius 2 is 1.62 bits per heavy atom. The van der Waals surface area contributed by atoms with E-state index in [1.54, 1.807) is 7.11 Å². The number of unbranched alkanes of at least 4 members (excludes halogenated alkanes) is 8. The molecular weight excluding hydrogens is 440 g/mol. The summed E-state index contributed by atoms with van der Waals surface area (Å²) in [7, 11) is 1.70. The second kappa shape index (κ2) is 12.3. The number of ether oxygens (including phenoxy) is 1. The minimum atomic E-state index is 0.551. The molecule has 182 valence electrons. The first kappa shape index (κ1) is 24.6. The molecule has 0 amide bonds. The Bertz CT molecular complexity index is 1080. The average Bonchev–Trinajstić information content (AvgIpc) is 3.44. The molecular formula is C28H38N4OS. The normalized spacial score (nSPS) is 12.7. The van der Waals surface area contributed by atoms with Gasteiger partial charge in [-0.1, -0.05) is 65.2 Å². The van der Waals surface area contributed by atoms with E-state index in [1.165, 1.54) is 73.2 Å². The van der Waals surface area contributed by atoms with Gasteiger partial charge in [0.25, 0.3) is 0 Å². The first-order valence-electron chi connectivity index (χ1n) is 13.0. The molecule has 0 aliphatic carbocycles. The van der Waals surface area contributed by atoms with Crippen molar-refractivity contribution >= 4 is 17.0 Å². The van der Waals surface area contributed by atoms with E-state index >= 15 is 0 Å². The number of hydrogen-bond acceptors (Lipinski definition) is 5. The van der Waals surface area contributed by atoms with Crippen LogP contribution in [0, 0.1) is 0 Å². The van der Waals surface area contributed by atoms with Crippen LogP contribution in [-0.4, -0.2) is 27.6 Å². The number of rotatable bonds is 13. The lowest BCUT2D eigenvalue weighted by molar-refractivity contribution is 0.415. The second-order valence-electron chi connectivity index (χ2n) is 9.12. The van der Waals surface area contributed by atoms with Crippen LogP contribution < -0.4 is 4.74 Å². The van der Waals surface area contributed by atoms with Crippen LogP contribution in [-0.2, 0) is 19.4 Å². The molecule has 0 bridgehead atoms. The predicted molar refractivity (Wildman–Crippen MR) is 142 cm³/mol. The van der Waals surface area contributed by atoms with Crippen LogP contribution in [0.2, 0.25) is 0 Å². The summed E-state index contributed by atoms with van der Waals surface area (Å²) in [5.41, 5.74) is 3.34. The molecule has 3 aromatic rings. The minimum absolute atomic E-state index is 0.551. The summed E-state index contributed by atoms with van der Waals surface area (Å²) in [4.78, 5) is 6.37. The molecule has 3 heterocycles. The smallest absolute Gasteiger partial charge is 0.160 e. The highest BCUT2D eigenvalue weighted by Gasteiger charge is 2.25. The van der Waals surface area contributed by atoms with Gasteiger partial charge in [-0.25, -0.2) is 0 Å². The summed E-state index contributed by atoms with van der Waals surface area (Å²) >= 11 is 1.85. The van der Waals surface area contributed by atoms with E-state index < -0.39 is 0 Å². The van der Waals surface area contributed by atoms with Crippen molar-refractivity contribution in [3.63, 3.8) is 0 Å². The number of methoxy groups -OCH3 is 1. The number of benzene rings is 1. The summed E-state index contributed by atoms with van der Waals surface area (Å²) in [5.74, 6) is 2.88. The van der Waals surface area contributed by atoms with Gasteiger partial charge in [0.2, 0.25) is 0 Å². The van der Waals surface area contributed by atoms with Gasteiger partial charge < -0.3 is 4.74 Å². The molecule has 6 heteroatoms. The van der Waals surface area contributed by atoms with E-state index in [2.05, 4.69) is 46.8 Å². The average molecular weight is 479 g/mol. The summed E-state index contributed by atoms with van der Waals surface area (Å²) in [5, 5.41) is 10.4. The highest BCUT2D eigenvalue weighted by Crippen LogP contribution is 2.34. The standard InChI is InChI=1S/C28H38N4OS/c1-4-6-7-8-9-10-11-12-13-14-25-30-31-26-20-29-27(21-15-17-22(33-3)18-16-21)24-19-23(5-2)34-28(24)32(25)26/h15-19H,4-14,20H2,1-3H3. The van der Waals surface area contributed by atoms with E-state index in [0.717, 1.165) is 41.5 Å². The lowest BCUT2D eigenvalue weighted by Gasteiger charge is -2.09. The zero-order valence-electron chi connectivity index (χ0n) is 21.0. The fraction of sp³-hybridized carbons (Fsp3) is 0.536. The molecule has 2 aromatic heterocycles. The molecule has 0 saturated carbocycles. The zero-order valence-corrected chi connectivity index (χ0v) is 21.8. The van der Waals surface area contributed by atoms with Crippen molar-refractivity contribution in [1.29, 1.82) is 0 Å². The molecule has 1 aromatic carbocycles. The van der Waals surface area contributed by atoms with Crippen LogP contribution in [0.5, 0.6) is 5.75 Å². The SMILES string of the molecule is CCCCCCCCCCCc1nnc2n1-c1sc(CC)cc1C(c1ccc(OC)cc1)=NC2. The lowest BCUT2D eigenvalue weighted by atomic mass is 10.0. The molecule has 34 heavy (non-hydrogen) atoms. The minimum Gasteiger partial charge on any atom is -0.497 e. The van der Waals surface area contributed by atoms with Gasteiger partial charge in [0.15, 0.2) is 5.82 Å². The number of thiophene rings is 1. The maximum atomic E-state index is 5.35. The van der Waals surface area contributed by atoms with Crippen molar-refractivity contribution in [2.75, 3.05) is 7.11 Å². The molecule has 0 fully saturated rings. The van der Waals surface area contributed by atoms with E-state index in [0.29, 0.717) is 6.54 Å². The summed E-state index contributed by atoms with van der Waals surface area (Å²) in [6, 6.07) is 10.5. The van der Waals surface area contributed by atoms with Gasteiger partial charge in [-0.05, 0) is 43.2 Å². The van der Waals surface area contributed by atoms with Crippen molar-refractivity contribution in [3.05, 3.63) is 58.0 Å². The van der Waals surface area contributed by atoms with Gasteiger partial charge >= 0.3 is 0 Å². The molecule has 1 aliphatic rings. The molecule has 0 spiro atoms. The Morgan fingerprint density at radius 3 is 2.29 bits per heavy atom. The topological polar surface area (TPSA) is 52.3 Å². The van der Waals surface area contributed by atoms with Crippen LogP contribution in [0.25, 0.3) is 5.00 Å². The Kier molecular flexibility index (Phi) is 8.91. The Morgan fingerprint density at radius 1 is 0.912 bits per heavy atom. The van der Waals surface area contributed by atoms with Crippen LogP contribution in [0.4, 0.5) is 0 Å². The second-order valence-corrected chi connectivity index (χ2v) is 10.2. The van der Waals surface area contributed by atoms with Crippen molar-refractivity contribution < 1.29 is 4.74 Å². The highest BCUT2D eigenvalue weighted by atomic mass is 32.1. The van der Waals surface area contributed by atoms with E-state index in [9.17, 15) is 0 Å². The molecule has 0 unspecified atom stereocenters. The maximum Gasteiger partial charge on any atom is 0.160 e.